The van der Waals surface area contributed by atoms with E-state index in [1.165, 1.54) is 12.8 Å². The zero-order chi connectivity index (χ0) is 7.56. The Balaban J connectivity index is 2.33. The van der Waals surface area contributed by atoms with E-state index in [0.717, 1.165) is 5.75 Å². The molecule has 0 aromatic rings. The van der Waals surface area contributed by atoms with Crippen LogP contribution in [0.25, 0.3) is 0 Å². The molecule has 0 spiro atoms. The van der Waals surface area contributed by atoms with Gasteiger partial charge in [0.15, 0.2) is 0 Å². The van der Waals surface area contributed by atoms with E-state index in [9.17, 15) is 5.11 Å². The van der Waals surface area contributed by atoms with Gasteiger partial charge in [-0.3, -0.25) is 0 Å². The lowest BCUT2D eigenvalue weighted by Crippen LogP contribution is -2.22. The molecule has 0 aromatic carbocycles. The molecule has 1 aliphatic rings. The average Bonchev–Trinajstić information content (AvgIpc) is 2.20. The molecule has 1 rings (SSSR count). The van der Waals surface area contributed by atoms with Crippen molar-refractivity contribution in [1.82, 2.24) is 0 Å². The average molecular weight is 160 g/mol. The van der Waals surface area contributed by atoms with Crippen LogP contribution in [-0.4, -0.2) is 22.2 Å². The molecule has 1 saturated heterocycles. The van der Waals surface area contributed by atoms with E-state index < -0.39 is 0 Å². The molecule has 60 valence electrons. The van der Waals surface area contributed by atoms with Crippen LogP contribution in [0.3, 0.4) is 0 Å². The summed E-state index contributed by atoms with van der Waals surface area (Å²) in [6, 6.07) is 0. The van der Waals surface area contributed by atoms with Gasteiger partial charge < -0.3 is 5.11 Å². The minimum Gasteiger partial charge on any atom is -0.392 e. The molecule has 1 N–H and O–H groups in total. The third kappa shape index (κ3) is 1.67. The van der Waals surface area contributed by atoms with Crippen LogP contribution < -0.4 is 0 Å². The van der Waals surface area contributed by atoms with Gasteiger partial charge >= 0.3 is 0 Å². The van der Waals surface area contributed by atoms with Crippen LogP contribution in [0.5, 0.6) is 0 Å². The third-order valence-corrected chi connectivity index (χ3v) is 3.77. The van der Waals surface area contributed by atoms with Gasteiger partial charge in [-0.05, 0) is 18.1 Å². The van der Waals surface area contributed by atoms with Gasteiger partial charge in [-0.25, -0.2) is 0 Å². The second-order valence-electron chi connectivity index (χ2n) is 3.13. The Morgan fingerprint density at radius 3 is 2.70 bits per heavy atom. The molecular formula is C8H16OS. The summed E-state index contributed by atoms with van der Waals surface area (Å²) in [5.74, 6) is 1.66. The summed E-state index contributed by atoms with van der Waals surface area (Å²) in [5, 5.41) is 10.1. The molecule has 1 nitrogen and oxygen atoms in total. The van der Waals surface area contributed by atoms with E-state index in [-0.39, 0.29) is 6.10 Å². The fraction of sp³-hybridized carbons (Fsp3) is 1.00. The van der Waals surface area contributed by atoms with Gasteiger partial charge in [-0.15, -0.1) is 0 Å². The van der Waals surface area contributed by atoms with Gasteiger partial charge in [-0.2, -0.15) is 11.8 Å². The number of hydrogen-bond donors (Lipinski definition) is 1. The SMILES string of the molecule is CCC[C@@H]1SC[C@H](C)[C@@H]1O. The van der Waals surface area contributed by atoms with Crippen LogP contribution in [0.15, 0.2) is 0 Å². The van der Waals surface area contributed by atoms with Crippen LogP contribution >= 0.6 is 11.8 Å². The van der Waals surface area contributed by atoms with Gasteiger partial charge in [0.1, 0.15) is 0 Å². The Kier molecular flexibility index (Phi) is 3.05. The number of rotatable bonds is 2. The van der Waals surface area contributed by atoms with Crippen LogP contribution in [-0.2, 0) is 0 Å². The highest BCUT2D eigenvalue weighted by atomic mass is 32.2. The molecule has 0 radical (unpaired) electrons. The highest BCUT2D eigenvalue weighted by Crippen LogP contribution is 2.33. The van der Waals surface area contributed by atoms with Crippen molar-refractivity contribution in [3.63, 3.8) is 0 Å². The summed E-state index contributed by atoms with van der Waals surface area (Å²) in [6.07, 6.45) is 2.34. The molecule has 0 aliphatic carbocycles. The van der Waals surface area contributed by atoms with Crippen LogP contribution in [0.4, 0.5) is 0 Å². The maximum atomic E-state index is 9.57. The molecule has 0 amide bonds. The molecule has 1 aliphatic heterocycles. The number of thioether (sulfide) groups is 1. The van der Waals surface area contributed by atoms with E-state index in [1.54, 1.807) is 0 Å². The van der Waals surface area contributed by atoms with Crippen molar-refractivity contribution in [2.75, 3.05) is 5.75 Å². The molecule has 0 aromatic heterocycles. The van der Waals surface area contributed by atoms with E-state index in [0.29, 0.717) is 11.2 Å². The number of hydrogen-bond acceptors (Lipinski definition) is 2. The molecule has 0 bridgehead atoms. The van der Waals surface area contributed by atoms with Crippen LogP contribution in [0, 0.1) is 5.92 Å². The number of aliphatic hydroxyl groups excluding tert-OH is 1. The molecule has 1 heterocycles. The summed E-state index contributed by atoms with van der Waals surface area (Å²) in [4.78, 5) is 0. The second kappa shape index (κ2) is 3.63. The molecule has 10 heavy (non-hydrogen) atoms. The van der Waals surface area contributed by atoms with Gasteiger partial charge in [0.05, 0.1) is 6.10 Å². The highest BCUT2D eigenvalue weighted by molar-refractivity contribution is 8.00. The summed E-state index contributed by atoms with van der Waals surface area (Å²) >= 11 is 1.93. The lowest BCUT2D eigenvalue weighted by molar-refractivity contribution is 0.131. The quantitative estimate of drug-likeness (QED) is 0.666. The predicted molar refractivity (Wildman–Crippen MR) is 46.3 cm³/mol. The van der Waals surface area contributed by atoms with Crippen LogP contribution in [0.1, 0.15) is 26.7 Å². The minimum absolute atomic E-state index is 0.0371. The van der Waals surface area contributed by atoms with E-state index in [4.69, 9.17) is 0 Å². The van der Waals surface area contributed by atoms with Crippen molar-refractivity contribution in [1.29, 1.82) is 0 Å². The first kappa shape index (κ1) is 8.41. The van der Waals surface area contributed by atoms with E-state index in [2.05, 4.69) is 13.8 Å². The number of aliphatic hydroxyl groups is 1. The fourth-order valence-electron chi connectivity index (χ4n) is 1.38. The highest BCUT2D eigenvalue weighted by Gasteiger charge is 2.31. The van der Waals surface area contributed by atoms with Crippen LogP contribution in [0.2, 0.25) is 0 Å². The Bertz CT molecular complexity index is 103. The lowest BCUT2D eigenvalue weighted by atomic mass is 10.0. The topological polar surface area (TPSA) is 20.2 Å². The second-order valence-corrected chi connectivity index (χ2v) is 4.40. The molecule has 0 saturated carbocycles. The first-order valence-corrected chi connectivity index (χ1v) is 5.10. The first-order valence-electron chi connectivity index (χ1n) is 4.05. The largest absolute Gasteiger partial charge is 0.392 e. The smallest absolute Gasteiger partial charge is 0.0692 e. The Labute approximate surface area is 67.2 Å². The van der Waals surface area contributed by atoms with Crippen molar-refractivity contribution in [3.8, 4) is 0 Å². The predicted octanol–water partition coefficient (Wildman–Crippen LogP) is 1.90. The Hall–Kier alpha value is 0.310. The van der Waals surface area contributed by atoms with Gasteiger partial charge in [0.25, 0.3) is 0 Å². The monoisotopic (exact) mass is 160 g/mol. The third-order valence-electron chi connectivity index (χ3n) is 2.11. The molecule has 3 atom stereocenters. The summed E-state index contributed by atoms with van der Waals surface area (Å²) in [7, 11) is 0. The maximum Gasteiger partial charge on any atom is 0.0692 e. The summed E-state index contributed by atoms with van der Waals surface area (Å²) in [6.45, 7) is 4.31. The van der Waals surface area contributed by atoms with E-state index in [1.807, 2.05) is 11.8 Å². The Morgan fingerprint density at radius 2 is 2.30 bits per heavy atom. The first-order chi connectivity index (χ1) is 4.75. The standard InChI is InChI=1S/C8H16OS/c1-3-4-7-8(9)6(2)5-10-7/h6-9H,3-5H2,1-2H3/t6-,7-,8-/m0/s1. The molecule has 1 fully saturated rings. The molecule has 2 heteroatoms. The fourth-order valence-corrected chi connectivity index (χ4v) is 2.99. The lowest BCUT2D eigenvalue weighted by Gasteiger charge is -2.14. The van der Waals surface area contributed by atoms with Crippen molar-refractivity contribution < 1.29 is 5.11 Å². The molecule has 0 unspecified atom stereocenters. The summed E-state index contributed by atoms with van der Waals surface area (Å²) in [5.41, 5.74) is 0. The minimum atomic E-state index is -0.0371. The van der Waals surface area contributed by atoms with Gasteiger partial charge in [0, 0.05) is 5.25 Å². The van der Waals surface area contributed by atoms with E-state index >= 15 is 0 Å². The zero-order valence-corrected chi connectivity index (χ0v) is 7.53. The van der Waals surface area contributed by atoms with Crippen molar-refractivity contribution >= 4 is 11.8 Å². The van der Waals surface area contributed by atoms with Gasteiger partial charge in [0.2, 0.25) is 0 Å². The maximum absolute atomic E-state index is 9.57. The summed E-state index contributed by atoms with van der Waals surface area (Å²) < 4.78 is 0. The Morgan fingerprint density at radius 1 is 1.60 bits per heavy atom. The van der Waals surface area contributed by atoms with Crippen molar-refractivity contribution in [2.24, 2.45) is 5.92 Å². The zero-order valence-electron chi connectivity index (χ0n) is 6.71. The van der Waals surface area contributed by atoms with Gasteiger partial charge in [-0.1, -0.05) is 20.3 Å². The van der Waals surface area contributed by atoms with Crippen molar-refractivity contribution in [2.45, 2.75) is 38.0 Å². The molecular weight excluding hydrogens is 144 g/mol. The normalized spacial score (nSPS) is 40.5. The van der Waals surface area contributed by atoms with Crippen molar-refractivity contribution in [3.05, 3.63) is 0 Å².